The molecule has 0 saturated carbocycles. The molecule has 6 nitrogen and oxygen atoms in total. The van der Waals surface area contributed by atoms with Crippen LogP contribution in [-0.2, 0) is 7.05 Å². The van der Waals surface area contributed by atoms with E-state index in [1.165, 1.54) is 0 Å². The van der Waals surface area contributed by atoms with E-state index in [1.54, 1.807) is 10.9 Å². The molecule has 0 radical (unpaired) electrons. The number of aromatic nitrogens is 2. The molecule has 0 bridgehead atoms. The lowest BCUT2D eigenvalue weighted by Gasteiger charge is -2.19. The van der Waals surface area contributed by atoms with Crippen LogP contribution in [0.4, 0.5) is 0 Å². The van der Waals surface area contributed by atoms with Gasteiger partial charge in [-0.2, -0.15) is 5.10 Å². The fourth-order valence-electron chi connectivity index (χ4n) is 2.27. The average Bonchev–Trinajstić information content (AvgIpc) is 2.89. The molecule has 1 aromatic heterocycles. The summed E-state index contributed by atoms with van der Waals surface area (Å²) >= 11 is 0. The van der Waals surface area contributed by atoms with Gasteiger partial charge in [0.1, 0.15) is 0 Å². The summed E-state index contributed by atoms with van der Waals surface area (Å²) < 4.78 is 13.0. The molecule has 0 spiro atoms. The minimum atomic E-state index is -0.160. The maximum Gasteiger partial charge on any atom is 0.161 e. The first kappa shape index (κ1) is 15.3. The van der Waals surface area contributed by atoms with Gasteiger partial charge in [0.15, 0.2) is 11.5 Å². The summed E-state index contributed by atoms with van der Waals surface area (Å²) in [6.45, 7) is 5.07. The molecule has 3 N–H and O–H groups in total. The lowest BCUT2D eigenvalue weighted by atomic mass is 10.0. The molecule has 2 aromatic rings. The molecule has 0 fully saturated rings. The predicted molar refractivity (Wildman–Crippen MR) is 81.2 cm³/mol. The van der Waals surface area contributed by atoms with Crippen molar-refractivity contribution in [3.63, 3.8) is 0 Å². The molecule has 0 amide bonds. The van der Waals surface area contributed by atoms with Crippen LogP contribution in [-0.4, -0.2) is 23.0 Å². The SMILES string of the molecule is CCOc1ccc(C(NN)c2ccnn2C)cc1OCC. The quantitative estimate of drug-likeness (QED) is 0.600. The van der Waals surface area contributed by atoms with Crippen molar-refractivity contribution in [2.24, 2.45) is 12.9 Å². The van der Waals surface area contributed by atoms with E-state index in [1.807, 2.05) is 45.2 Å². The lowest BCUT2D eigenvalue weighted by Crippen LogP contribution is -2.30. The first-order chi connectivity index (χ1) is 10.2. The molecule has 114 valence electrons. The van der Waals surface area contributed by atoms with E-state index in [9.17, 15) is 0 Å². The minimum Gasteiger partial charge on any atom is -0.490 e. The molecule has 0 aliphatic carbocycles. The largest absolute Gasteiger partial charge is 0.490 e. The van der Waals surface area contributed by atoms with E-state index >= 15 is 0 Å². The Morgan fingerprint density at radius 1 is 1.19 bits per heavy atom. The van der Waals surface area contributed by atoms with Gasteiger partial charge in [-0.15, -0.1) is 0 Å². The second-order valence-electron chi connectivity index (χ2n) is 4.55. The van der Waals surface area contributed by atoms with Crippen LogP contribution in [0.3, 0.4) is 0 Å². The van der Waals surface area contributed by atoms with E-state index in [2.05, 4.69) is 10.5 Å². The summed E-state index contributed by atoms with van der Waals surface area (Å²) in [6, 6.07) is 7.61. The zero-order valence-corrected chi connectivity index (χ0v) is 12.7. The third-order valence-corrected chi connectivity index (χ3v) is 3.22. The third kappa shape index (κ3) is 3.34. The minimum absolute atomic E-state index is 0.160. The number of aryl methyl sites for hydroxylation is 1. The van der Waals surface area contributed by atoms with Crippen LogP contribution in [0.2, 0.25) is 0 Å². The lowest BCUT2D eigenvalue weighted by molar-refractivity contribution is 0.287. The first-order valence-corrected chi connectivity index (χ1v) is 7.04. The summed E-state index contributed by atoms with van der Waals surface area (Å²) in [4.78, 5) is 0. The van der Waals surface area contributed by atoms with Crippen molar-refractivity contribution < 1.29 is 9.47 Å². The molecule has 1 heterocycles. The van der Waals surface area contributed by atoms with Gasteiger partial charge < -0.3 is 9.47 Å². The Hall–Kier alpha value is -2.05. The number of hydrogen-bond donors (Lipinski definition) is 2. The molecule has 21 heavy (non-hydrogen) atoms. The molecule has 2 rings (SSSR count). The van der Waals surface area contributed by atoms with Gasteiger partial charge in [0.2, 0.25) is 0 Å². The first-order valence-electron chi connectivity index (χ1n) is 7.04. The predicted octanol–water partition coefficient (Wildman–Crippen LogP) is 1.77. The molecule has 1 unspecified atom stereocenters. The highest BCUT2D eigenvalue weighted by Gasteiger charge is 2.18. The summed E-state index contributed by atoms with van der Waals surface area (Å²) in [5, 5.41) is 4.18. The molecule has 1 aromatic carbocycles. The second-order valence-corrected chi connectivity index (χ2v) is 4.55. The molecule has 0 aliphatic heterocycles. The van der Waals surface area contributed by atoms with Crippen LogP contribution < -0.4 is 20.7 Å². The van der Waals surface area contributed by atoms with Gasteiger partial charge in [0, 0.05) is 13.2 Å². The Kier molecular flexibility index (Phi) is 5.19. The maximum absolute atomic E-state index is 5.72. The molecule has 1 atom stereocenters. The van der Waals surface area contributed by atoms with Crippen LogP contribution in [0.25, 0.3) is 0 Å². The Morgan fingerprint density at radius 2 is 1.90 bits per heavy atom. The van der Waals surface area contributed by atoms with Gasteiger partial charge in [-0.3, -0.25) is 10.5 Å². The van der Waals surface area contributed by atoms with Gasteiger partial charge in [0.25, 0.3) is 0 Å². The average molecular weight is 290 g/mol. The van der Waals surface area contributed by atoms with E-state index in [0.717, 1.165) is 22.8 Å². The van der Waals surface area contributed by atoms with Gasteiger partial charge in [0.05, 0.1) is 24.9 Å². The van der Waals surface area contributed by atoms with Crippen LogP contribution in [0.1, 0.15) is 31.1 Å². The van der Waals surface area contributed by atoms with Gasteiger partial charge in [-0.1, -0.05) is 6.07 Å². The number of benzene rings is 1. The van der Waals surface area contributed by atoms with Gasteiger partial charge in [-0.25, -0.2) is 5.43 Å². The van der Waals surface area contributed by atoms with E-state index in [-0.39, 0.29) is 6.04 Å². The Morgan fingerprint density at radius 3 is 2.48 bits per heavy atom. The van der Waals surface area contributed by atoms with Crippen molar-refractivity contribution in [1.82, 2.24) is 15.2 Å². The smallest absolute Gasteiger partial charge is 0.161 e. The Labute approximate surface area is 124 Å². The molecule has 0 saturated heterocycles. The number of ether oxygens (including phenoxy) is 2. The summed E-state index contributed by atoms with van der Waals surface area (Å²) in [6.07, 6.45) is 1.75. The number of nitrogens with one attached hydrogen (secondary N) is 1. The molecular formula is C15H22N4O2. The summed E-state index contributed by atoms with van der Waals surface area (Å²) in [5.41, 5.74) is 4.79. The fraction of sp³-hybridized carbons (Fsp3) is 0.400. The topological polar surface area (TPSA) is 74.3 Å². The number of hydrogen-bond acceptors (Lipinski definition) is 5. The number of nitrogens with zero attached hydrogens (tertiary/aromatic N) is 2. The van der Waals surface area contributed by atoms with E-state index in [0.29, 0.717) is 13.2 Å². The normalized spacial score (nSPS) is 12.2. The maximum atomic E-state index is 5.72. The monoisotopic (exact) mass is 290 g/mol. The zero-order chi connectivity index (χ0) is 15.2. The van der Waals surface area contributed by atoms with Crippen molar-refractivity contribution >= 4 is 0 Å². The van der Waals surface area contributed by atoms with Crippen LogP contribution in [0, 0.1) is 0 Å². The zero-order valence-electron chi connectivity index (χ0n) is 12.7. The van der Waals surface area contributed by atoms with Crippen LogP contribution in [0.15, 0.2) is 30.5 Å². The molecule has 6 heteroatoms. The number of hydrazine groups is 1. The Balaban J connectivity index is 2.38. The molecular weight excluding hydrogens is 268 g/mol. The van der Waals surface area contributed by atoms with Crippen molar-refractivity contribution in [3.05, 3.63) is 41.7 Å². The second kappa shape index (κ2) is 7.10. The summed E-state index contributed by atoms with van der Waals surface area (Å²) in [7, 11) is 1.89. The number of rotatable bonds is 7. The molecule has 0 aliphatic rings. The summed E-state index contributed by atoms with van der Waals surface area (Å²) in [5.74, 6) is 7.18. The van der Waals surface area contributed by atoms with E-state index in [4.69, 9.17) is 15.3 Å². The Bertz CT molecular complexity index is 583. The van der Waals surface area contributed by atoms with Gasteiger partial charge >= 0.3 is 0 Å². The standard InChI is InChI=1S/C15H22N4O2/c1-4-20-13-7-6-11(10-14(13)21-5-2)15(18-16)12-8-9-17-19(12)3/h6-10,15,18H,4-5,16H2,1-3H3. The van der Waals surface area contributed by atoms with Gasteiger partial charge in [-0.05, 0) is 37.6 Å². The highest BCUT2D eigenvalue weighted by molar-refractivity contribution is 5.45. The van der Waals surface area contributed by atoms with Crippen molar-refractivity contribution in [2.75, 3.05) is 13.2 Å². The van der Waals surface area contributed by atoms with Crippen LogP contribution >= 0.6 is 0 Å². The number of nitrogens with two attached hydrogens (primary N) is 1. The highest BCUT2D eigenvalue weighted by Crippen LogP contribution is 2.32. The van der Waals surface area contributed by atoms with Crippen molar-refractivity contribution in [1.29, 1.82) is 0 Å². The highest BCUT2D eigenvalue weighted by atomic mass is 16.5. The van der Waals surface area contributed by atoms with E-state index < -0.39 is 0 Å². The fourth-order valence-corrected chi connectivity index (χ4v) is 2.27. The third-order valence-electron chi connectivity index (χ3n) is 3.22. The van der Waals surface area contributed by atoms with Crippen molar-refractivity contribution in [3.8, 4) is 11.5 Å². The van der Waals surface area contributed by atoms with Crippen molar-refractivity contribution in [2.45, 2.75) is 19.9 Å². The van der Waals surface area contributed by atoms with Crippen LogP contribution in [0.5, 0.6) is 11.5 Å².